The van der Waals surface area contributed by atoms with Gasteiger partial charge in [0.2, 0.25) is 6.41 Å². The van der Waals surface area contributed by atoms with Crippen molar-refractivity contribution in [2.75, 3.05) is 31.4 Å². The smallest absolute Gasteiger partial charge is 0.333 e. The van der Waals surface area contributed by atoms with Gasteiger partial charge in [-0.3, -0.25) is 24.6 Å². The van der Waals surface area contributed by atoms with Crippen molar-refractivity contribution < 1.29 is 34.1 Å². The Labute approximate surface area is 220 Å². The third-order valence-corrected chi connectivity index (χ3v) is 5.41. The molecule has 13 heteroatoms. The second-order valence-electron chi connectivity index (χ2n) is 8.06. The van der Waals surface area contributed by atoms with E-state index in [1.54, 1.807) is 32.9 Å². The normalized spacial score (nSPS) is 12.0. The zero-order valence-electron chi connectivity index (χ0n) is 21.8. The molecule has 2 amide bonds. The molecule has 38 heavy (non-hydrogen) atoms. The minimum absolute atomic E-state index is 0.0109. The average molecular weight is 531 g/mol. The first-order chi connectivity index (χ1) is 18.2. The highest BCUT2D eigenvalue weighted by molar-refractivity contribution is 6.14. The van der Waals surface area contributed by atoms with E-state index in [1.807, 2.05) is 6.92 Å². The molecule has 1 atom stereocenters. The number of hydrogen-bond acceptors (Lipinski definition) is 8. The van der Waals surface area contributed by atoms with Crippen LogP contribution in [0, 0.1) is 19.3 Å². The molecule has 1 heterocycles. The van der Waals surface area contributed by atoms with Crippen molar-refractivity contribution in [1.82, 2.24) is 15.6 Å². The summed E-state index contributed by atoms with van der Waals surface area (Å²) in [5.41, 5.74) is 2.31. The minimum Gasteiger partial charge on any atom is -0.437 e. The minimum atomic E-state index is -1.83. The number of carbonyl (C=O) groups excluding carboxylic acids is 3. The van der Waals surface area contributed by atoms with Gasteiger partial charge in [0.05, 0.1) is 16.9 Å². The molecule has 0 aliphatic carbocycles. The molecular weight excluding hydrogens is 496 g/mol. The Morgan fingerprint density at radius 2 is 1.95 bits per heavy atom. The number of esters is 1. The predicted octanol–water partition coefficient (Wildman–Crippen LogP) is 1.17. The van der Waals surface area contributed by atoms with Gasteiger partial charge in [-0.2, -0.15) is 0 Å². The van der Waals surface area contributed by atoms with Gasteiger partial charge in [-0.1, -0.05) is 13.0 Å². The summed E-state index contributed by atoms with van der Waals surface area (Å²) in [7, 11) is 0. The summed E-state index contributed by atoms with van der Waals surface area (Å²) < 4.78 is 10.0. The van der Waals surface area contributed by atoms with Gasteiger partial charge in [-0.25, -0.2) is 9.79 Å². The van der Waals surface area contributed by atoms with E-state index < -0.39 is 25.8 Å². The van der Waals surface area contributed by atoms with Crippen LogP contribution in [0.25, 0.3) is 0 Å². The van der Waals surface area contributed by atoms with E-state index in [2.05, 4.69) is 20.6 Å². The molecule has 13 nitrogen and oxygen atoms in total. The molecule has 206 valence electrons. The van der Waals surface area contributed by atoms with Crippen molar-refractivity contribution in [3.8, 4) is 0 Å². The largest absolute Gasteiger partial charge is 0.437 e. The number of anilines is 1. The highest BCUT2D eigenvalue weighted by atomic mass is 16.7. The van der Waals surface area contributed by atoms with Crippen LogP contribution in [0.4, 0.5) is 5.69 Å². The van der Waals surface area contributed by atoms with Crippen molar-refractivity contribution in [3.05, 3.63) is 52.3 Å². The lowest BCUT2D eigenvalue weighted by atomic mass is 10.1. The van der Waals surface area contributed by atoms with Crippen LogP contribution in [0.5, 0.6) is 0 Å². The number of aliphatic imine (C=N–C) groups is 1. The molecule has 0 bridgehead atoms. The third kappa shape index (κ3) is 7.47. The van der Waals surface area contributed by atoms with Crippen LogP contribution in [0.15, 0.2) is 29.4 Å². The van der Waals surface area contributed by atoms with Gasteiger partial charge in [-0.15, -0.1) is 0 Å². The van der Waals surface area contributed by atoms with Gasteiger partial charge in [-0.05, 0) is 50.5 Å². The molecule has 2 rings (SSSR count). The van der Waals surface area contributed by atoms with Crippen LogP contribution < -0.4 is 15.5 Å². The van der Waals surface area contributed by atoms with Crippen molar-refractivity contribution in [3.63, 3.8) is 0 Å². The van der Waals surface area contributed by atoms with Crippen LogP contribution in [0.1, 0.15) is 57.8 Å². The van der Waals surface area contributed by atoms with Crippen molar-refractivity contribution in [2.45, 2.75) is 40.5 Å². The summed E-state index contributed by atoms with van der Waals surface area (Å²) >= 11 is 0. The maximum Gasteiger partial charge on any atom is 0.333 e. The van der Waals surface area contributed by atoms with E-state index in [1.165, 1.54) is 17.2 Å². The number of hydrogen-bond donors (Lipinski definition) is 6. The molecule has 0 radical (unpaired) electrons. The standard InChI is InChI=1S/C25H34N6O7/c1-5-9-28-23(34)17-8-7-15(3)19(10-17)31(25(36)38-14-37-20(33)12-32)22(30-13-26)21-16(4)18(11-29-21)24(35)27-6-2/h7-8,10-11,13,25-26,29,32,36H,5-6,9,12,14H2,1-4H3,(H,27,35)(H,28,34). The SMILES string of the molecule is CCCNC(=O)c1ccc(C)c(N(C(=NC=N)c2[nH]cc(C(=O)NCC)c2C)C(O)OCOC(=O)CO)c1. The number of rotatable bonds is 13. The van der Waals surface area contributed by atoms with Crippen LogP contribution in [0.2, 0.25) is 0 Å². The fraction of sp³-hybridized carbons (Fsp3) is 0.400. The van der Waals surface area contributed by atoms with Gasteiger partial charge in [0, 0.05) is 24.8 Å². The van der Waals surface area contributed by atoms with E-state index in [4.69, 9.17) is 20.0 Å². The Morgan fingerprint density at radius 1 is 1.21 bits per heavy atom. The predicted molar refractivity (Wildman–Crippen MR) is 140 cm³/mol. The Bertz CT molecular complexity index is 1180. The molecule has 1 aromatic carbocycles. The Hall–Kier alpha value is -4.07. The number of carbonyl (C=O) groups is 3. The zero-order chi connectivity index (χ0) is 28.2. The van der Waals surface area contributed by atoms with Crippen molar-refractivity contribution in [2.24, 2.45) is 4.99 Å². The summed E-state index contributed by atoms with van der Waals surface area (Å²) in [4.78, 5) is 44.8. The number of amidine groups is 1. The summed E-state index contributed by atoms with van der Waals surface area (Å²) in [6.07, 6.45) is 1.14. The van der Waals surface area contributed by atoms with Crippen molar-refractivity contribution in [1.29, 1.82) is 5.41 Å². The van der Waals surface area contributed by atoms with Crippen molar-refractivity contribution >= 4 is 35.6 Å². The maximum absolute atomic E-state index is 12.7. The number of nitrogens with zero attached hydrogens (tertiary/aromatic N) is 2. The first-order valence-electron chi connectivity index (χ1n) is 12.0. The van der Waals surface area contributed by atoms with E-state index in [9.17, 15) is 19.5 Å². The van der Waals surface area contributed by atoms with E-state index in [0.717, 1.165) is 12.8 Å². The molecule has 2 aromatic rings. The number of aryl methyl sites for hydroxylation is 1. The van der Waals surface area contributed by atoms with Crippen LogP contribution in [-0.2, 0) is 14.3 Å². The number of benzene rings is 1. The first-order valence-corrected chi connectivity index (χ1v) is 12.0. The Balaban J connectivity index is 2.63. The topological polar surface area (TPSA) is 189 Å². The van der Waals surface area contributed by atoms with E-state index >= 15 is 0 Å². The number of nitrogens with one attached hydrogen (secondary N) is 4. The summed E-state index contributed by atoms with van der Waals surface area (Å²) in [6.45, 7) is 6.42. The number of amides is 2. The maximum atomic E-state index is 12.7. The summed E-state index contributed by atoms with van der Waals surface area (Å²) in [5, 5.41) is 33.1. The van der Waals surface area contributed by atoms with Crippen LogP contribution >= 0.6 is 0 Å². The third-order valence-electron chi connectivity index (χ3n) is 5.41. The lowest BCUT2D eigenvalue weighted by Crippen LogP contribution is -2.44. The molecular formula is C25H34N6O7. The monoisotopic (exact) mass is 530 g/mol. The van der Waals surface area contributed by atoms with Gasteiger partial charge in [0.15, 0.2) is 12.6 Å². The van der Waals surface area contributed by atoms with Gasteiger partial charge >= 0.3 is 5.97 Å². The fourth-order valence-corrected chi connectivity index (χ4v) is 3.50. The number of aliphatic hydroxyl groups excluding tert-OH is 2. The fourth-order valence-electron chi connectivity index (χ4n) is 3.50. The van der Waals surface area contributed by atoms with Gasteiger partial charge < -0.3 is 30.6 Å². The lowest BCUT2D eigenvalue weighted by molar-refractivity contribution is -0.183. The lowest BCUT2D eigenvalue weighted by Gasteiger charge is -2.31. The molecule has 0 saturated heterocycles. The number of H-pyrrole nitrogens is 1. The highest BCUT2D eigenvalue weighted by Gasteiger charge is 2.29. The molecule has 0 spiro atoms. The molecule has 6 N–H and O–H groups in total. The van der Waals surface area contributed by atoms with E-state index in [0.29, 0.717) is 46.7 Å². The summed E-state index contributed by atoms with van der Waals surface area (Å²) in [5.74, 6) is -1.63. The first kappa shape index (κ1) is 30.2. The highest BCUT2D eigenvalue weighted by Crippen LogP contribution is 2.28. The Kier molecular flexibility index (Phi) is 11.6. The number of aromatic amines is 1. The number of aliphatic hydroxyl groups is 2. The zero-order valence-corrected chi connectivity index (χ0v) is 21.8. The quantitative estimate of drug-likeness (QED) is 0.0962. The average Bonchev–Trinajstić information content (AvgIpc) is 3.28. The summed E-state index contributed by atoms with van der Waals surface area (Å²) in [6, 6.07) is 4.82. The molecule has 0 aliphatic heterocycles. The molecule has 1 aromatic heterocycles. The molecule has 0 fully saturated rings. The second kappa shape index (κ2) is 14.6. The Morgan fingerprint density at radius 3 is 2.58 bits per heavy atom. The molecule has 1 unspecified atom stereocenters. The number of aromatic nitrogens is 1. The van der Waals surface area contributed by atoms with E-state index in [-0.39, 0.29) is 17.6 Å². The molecule has 0 saturated carbocycles. The van der Waals surface area contributed by atoms with Gasteiger partial charge in [0.25, 0.3) is 11.8 Å². The van der Waals surface area contributed by atoms with Crippen LogP contribution in [0.3, 0.4) is 0 Å². The number of ether oxygens (including phenoxy) is 2. The second-order valence-corrected chi connectivity index (χ2v) is 8.06. The van der Waals surface area contributed by atoms with Crippen LogP contribution in [-0.4, -0.2) is 78.1 Å². The van der Waals surface area contributed by atoms with Gasteiger partial charge in [0.1, 0.15) is 12.9 Å². The molecule has 0 aliphatic rings.